The first-order chi connectivity index (χ1) is 11.6. The molecule has 2 N–H and O–H groups in total. The van der Waals surface area contributed by atoms with E-state index in [4.69, 9.17) is 4.74 Å². The Kier molecular flexibility index (Phi) is 5.20. The van der Waals surface area contributed by atoms with Gasteiger partial charge in [0.25, 0.3) is 0 Å². The third kappa shape index (κ3) is 4.40. The molecule has 136 valence electrons. The van der Waals surface area contributed by atoms with Crippen molar-refractivity contribution in [3.63, 3.8) is 0 Å². The van der Waals surface area contributed by atoms with Crippen molar-refractivity contribution in [1.29, 1.82) is 0 Å². The molecule has 0 aromatic heterocycles. The van der Waals surface area contributed by atoms with Gasteiger partial charge in [-0.2, -0.15) is 0 Å². The molecule has 1 aromatic rings. The second kappa shape index (κ2) is 7.00. The van der Waals surface area contributed by atoms with Crippen LogP contribution >= 0.6 is 0 Å². The standard InChI is InChI=1S/C17H22N2O6/c1-17(2,3)25-16(24)19-9-7-18(8-10-19)12-6-4-5-11(14(20)21)13(12)15(22)23/h4-6H,7-10H2,1-3H3,(H,20,21)(H,22,23). The van der Waals surface area contributed by atoms with Crippen LogP contribution in [-0.2, 0) is 4.74 Å². The van der Waals surface area contributed by atoms with Gasteiger partial charge < -0.3 is 24.7 Å². The molecule has 1 aromatic carbocycles. The number of amides is 1. The summed E-state index contributed by atoms with van der Waals surface area (Å²) in [5.74, 6) is -2.57. The molecule has 0 aliphatic carbocycles. The van der Waals surface area contributed by atoms with E-state index in [1.807, 2.05) is 0 Å². The van der Waals surface area contributed by atoms with E-state index in [9.17, 15) is 24.6 Å². The number of benzene rings is 1. The van der Waals surface area contributed by atoms with Crippen molar-refractivity contribution in [3.05, 3.63) is 29.3 Å². The molecule has 8 nitrogen and oxygen atoms in total. The van der Waals surface area contributed by atoms with Crippen LogP contribution in [0.4, 0.5) is 10.5 Å². The summed E-state index contributed by atoms with van der Waals surface area (Å²) in [6, 6.07) is 4.37. The van der Waals surface area contributed by atoms with Gasteiger partial charge in [-0.05, 0) is 32.9 Å². The second-order valence-electron chi connectivity index (χ2n) is 6.76. The molecule has 1 aliphatic rings. The minimum Gasteiger partial charge on any atom is -0.478 e. The van der Waals surface area contributed by atoms with Crippen LogP contribution in [0, 0.1) is 0 Å². The number of anilines is 1. The van der Waals surface area contributed by atoms with Gasteiger partial charge in [-0.25, -0.2) is 14.4 Å². The summed E-state index contributed by atoms with van der Waals surface area (Å²) >= 11 is 0. The number of ether oxygens (including phenoxy) is 1. The van der Waals surface area contributed by atoms with Gasteiger partial charge in [0, 0.05) is 26.2 Å². The Morgan fingerprint density at radius 1 is 1.00 bits per heavy atom. The maximum atomic E-state index is 12.1. The lowest BCUT2D eigenvalue weighted by Crippen LogP contribution is -2.50. The van der Waals surface area contributed by atoms with Crippen molar-refractivity contribution >= 4 is 23.7 Å². The van der Waals surface area contributed by atoms with Gasteiger partial charge >= 0.3 is 18.0 Å². The van der Waals surface area contributed by atoms with Gasteiger partial charge in [0.1, 0.15) is 5.60 Å². The number of hydrogen-bond acceptors (Lipinski definition) is 5. The normalized spacial score (nSPS) is 15.0. The van der Waals surface area contributed by atoms with Gasteiger partial charge in [-0.3, -0.25) is 0 Å². The smallest absolute Gasteiger partial charge is 0.410 e. The molecule has 25 heavy (non-hydrogen) atoms. The van der Waals surface area contributed by atoms with Crippen LogP contribution in [0.15, 0.2) is 18.2 Å². The molecular weight excluding hydrogens is 328 g/mol. The molecule has 1 amide bonds. The van der Waals surface area contributed by atoms with Crippen LogP contribution in [0.3, 0.4) is 0 Å². The number of hydrogen-bond donors (Lipinski definition) is 2. The maximum Gasteiger partial charge on any atom is 0.410 e. The van der Waals surface area contributed by atoms with Gasteiger partial charge in [0.2, 0.25) is 0 Å². The van der Waals surface area contributed by atoms with Crippen LogP contribution in [0.25, 0.3) is 0 Å². The fraction of sp³-hybridized carbons (Fsp3) is 0.471. The number of carbonyl (C=O) groups excluding carboxylic acids is 1. The number of aromatic carboxylic acids is 2. The molecule has 0 spiro atoms. The molecule has 2 rings (SSSR count). The first-order valence-electron chi connectivity index (χ1n) is 7.92. The van der Waals surface area contributed by atoms with Crippen LogP contribution in [-0.4, -0.2) is 64.9 Å². The van der Waals surface area contributed by atoms with E-state index < -0.39 is 23.6 Å². The highest BCUT2D eigenvalue weighted by atomic mass is 16.6. The van der Waals surface area contributed by atoms with Gasteiger partial charge in [0.15, 0.2) is 0 Å². The molecule has 1 saturated heterocycles. The van der Waals surface area contributed by atoms with E-state index in [1.165, 1.54) is 12.1 Å². The Hall–Kier alpha value is -2.77. The lowest BCUT2D eigenvalue weighted by molar-refractivity contribution is 0.0240. The average Bonchev–Trinajstić information content (AvgIpc) is 2.52. The monoisotopic (exact) mass is 350 g/mol. The molecule has 0 saturated carbocycles. The molecule has 1 aliphatic heterocycles. The van der Waals surface area contributed by atoms with Crippen LogP contribution in [0.1, 0.15) is 41.5 Å². The number of nitrogens with zero attached hydrogens (tertiary/aromatic N) is 2. The Labute approximate surface area is 145 Å². The minimum absolute atomic E-state index is 0.235. The highest BCUT2D eigenvalue weighted by molar-refractivity contribution is 6.06. The zero-order chi connectivity index (χ0) is 18.8. The third-order valence-corrected chi connectivity index (χ3v) is 3.76. The van der Waals surface area contributed by atoms with Crippen LogP contribution < -0.4 is 4.90 Å². The summed E-state index contributed by atoms with van der Waals surface area (Å²) < 4.78 is 5.33. The molecule has 0 bridgehead atoms. The highest BCUT2D eigenvalue weighted by Gasteiger charge is 2.29. The Morgan fingerprint density at radius 2 is 1.60 bits per heavy atom. The lowest BCUT2D eigenvalue weighted by atomic mass is 10.0. The predicted octanol–water partition coefficient (Wildman–Crippen LogP) is 2.14. The Balaban J connectivity index is 2.16. The number of carbonyl (C=O) groups is 3. The summed E-state index contributed by atoms with van der Waals surface area (Å²) in [6.45, 7) is 6.88. The van der Waals surface area contributed by atoms with Crippen molar-refractivity contribution in [1.82, 2.24) is 4.90 Å². The van der Waals surface area contributed by atoms with Crippen molar-refractivity contribution < 1.29 is 29.3 Å². The van der Waals surface area contributed by atoms with Crippen LogP contribution in [0.5, 0.6) is 0 Å². The van der Waals surface area contributed by atoms with Crippen molar-refractivity contribution in [2.75, 3.05) is 31.1 Å². The van der Waals surface area contributed by atoms with Gasteiger partial charge in [-0.1, -0.05) is 6.07 Å². The molecular formula is C17H22N2O6. The number of rotatable bonds is 3. The van der Waals surface area contributed by atoms with Crippen molar-refractivity contribution in [3.8, 4) is 0 Å². The largest absolute Gasteiger partial charge is 0.478 e. The molecule has 0 unspecified atom stereocenters. The number of carboxylic acids is 2. The van der Waals surface area contributed by atoms with E-state index in [-0.39, 0.29) is 11.1 Å². The number of piperazine rings is 1. The van der Waals surface area contributed by atoms with Gasteiger partial charge in [0.05, 0.1) is 16.8 Å². The Bertz CT molecular complexity index is 687. The van der Waals surface area contributed by atoms with E-state index in [1.54, 1.807) is 36.6 Å². The number of carboxylic acid groups (broad SMARTS) is 2. The SMILES string of the molecule is CC(C)(C)OC(=O)N1CCN(c2cccc(C(=O)O)c2C(=O)O)CC1. The van der Waals surface area contributed by atoms with Gasteiger partial charge in [-0.15, -0.1) is 0 Å². The van der Waals surface area contributed by atoms with E-state index in [2.05, 4.69) is 0 Å². The zero-order valence-electron chi connectivity index (χ0n) is 14.5. The fourth-order valence-corrected chi connectivity index (χ4v) is 2.66. The van der Waals surface area contributed by atoms with E-state index >= 15 is 0 Å². The lowest BCUT2D eigenvalue weighted by Gasteiger charge is -2.37. The summed E-state index contributed by atoms with van der Waals surface area (Å²) in [6.07, 6.45) is -0.412. The highest BCUT2D eigenvalue weighted by Crippen LogP contribution is 2.26. The average molecular weight is 350 g/mol. The molecule has 1 fully saturated rings. The predicted molar refractivity (Wildman–Crippen MR) is 90.4 cm³/mol. The fourth-order valence-electron chi connectivity index (χ4n) is 2.66. The van der Waals surface area contributed by atoms with Crippen molar-refractivity contribution in [2.45, 2.75) is 26.4 Å². The quantitative estimate of drug-likeness (QED) is 0.860. The topological polar surface area (TPSA) is 107 Å². The first kappa shape index (κ1) is 18.6. The van der Waals surface area contributed by atoms with Crippen molar-refractivity contribution in [2.24, 2.45) is 0 Å². The third-order valence-electron chi connectivity index (χ3n) is 3.76. The maximum absolute atomic E-state index is 12.1. The molecule has 1 heterocycles. The summed E-state index contributed by atoms with van der Waals surface area (Å²) in [5, 5.41) is 18.6. The zero-order valence-corrected chi connectivity index (χ0v) is 14.5. The molecule has 0 radical (unpaired) electrons. The van der Waals surface area contributed by atoms with E-state index in [0.717, 1.165) is 0 Å². The van der Waals surface area contributed by atoms with Crippen LogP contribution in [0.2, 0.25) is 0 Å². The first-order valence-corrected chi connectivity index (χ1v) is 7.92. The summed E-state index contributed by atoms with van der Waals surface area (Å²) in [4.78, 5) is 38.3. The second-order valence-corrected chi connectivity index (χ2v) is 6.76. The van der Waals surface area contributed by atoms with E-state index in [0.29, 0.717) is 31.9 Å². The summed E-state index contributed by atoms with van der Waals surface area (Å²) in [5.41, 5.74) is -0.725. The Morgan fingerprint density at radius 3 is 2.08 bits per heavy atom. The minimum atomic E-state index is -1.29. The molecule has 0 atom stereocenters. The molecule has 8 heteroatoms. The summed E-state index contributed by atoms with van der Waals surface area (Å²) in [7, 11) is 0.